The highest BCUT2D eigenvalue weighted by molar-refractivity contribution is 6.04. The van der Waals surface area contributed by atoms with Crippen molar-refractivity contribution in [2.45, 2.75) is 50.7 Å². The third kappa shape index (κ3) is 4.61. The van der Waals surface area contributed by atoms with Crippen LogP contribution in [0.3, 0.4) is 0 Å². The first-order chi connectivity index (χ1) is 18.9. The normalized spacial score (nSPS) is 19.7. The number of piperidine rings is 1. The van der Waals surface area contributed by atoms with E-state index in [0.29, 0.717) is 41.9 Å². The lowest BCUT2D eigenvalue weighted by Crippen LogP contribution is -2.41. The summed E-state index contributed by atoms with van der Waals surface area (Å²) >= 11 is 0. The van der Waals surface area contributed by atoms with E-state index in [1.54, 1.807) is 37.7 Å². The molecular weight excluding hydrogens is 494 g/mol. The highest BCUT2D eigenvalue weighted by Crippen LogP contribution is 2.38. The number of nitrogens with two attached hydrogens (primary N) is 1. The Morgan fingerprint density at radius 3 is 2.74 bits per heavy atom. The third-order valence-electron chi connectivity index (χ3n) is 7.96. The summed E-state index contributed by atoms with van der Waals surface area (Å²) in [5.74, 6) is 1.80. The fraction of sp³-hybridized carbons (Fsp3) is 0.345. The van der Waals surface area contributed by atoms with Crippen LogP contribution in [0.5, 0.6) is 0 Å². The maximum atomic E-state index is 12.9. The van der Waals surface area contributed by atoms with Gasteiger partial charge in [0.1, 0.15) is 28.7 Å². The van der Waals surface area contributed by atoms with Gasteiger partial charge in [0.25, 0.3) is 5.91 Å². The lowest BCUT2D eigenvalue weighted by atomic mass is 9.92. The lowest BCUT2D eigenvalue weighted by molar-refractivity contribution is -0.130. The molecule has 10 nitrogen and oxygen atoms in total. The van der Waals surface area contributed by atoms with Crippen molar-refractivity contribution in [1.29, 1.82) is 0 Å². The van der Waals surface area contributed by atoms with Gasteiger partial charge in [-0.3, -0.25) is 14.0 Å². The Morgan fingerprint density at radius 1 is 1.13 bits per heavy atom. The zero-order valence-electron chi connectivity index (χ0n) is 22.0. The van der Waals surface area contributed by atoms with Crippen LogP contribution < -0.4 is 11.1 Å². The maximum Gasteiger partial charge on any atom is 0.256 e. The van der Waals surface area contributed by atoms with Crippen molar-refractivity contribution in [1.82, 2.24) is 24.3 Å². The van der Waals surface area contributed by atoms with Crippen LogP contribution in [0.25, 0.3) is 16.8 Å². The van der Waals surface area contributed by atoms with E-state index in [-0.39, 0.29) is 23.8 Å². The Kier molecular flexibility index (Phi) is 6.48. The van der Waals surface area contributed by atoms with Crippen LogP contribution in [-0.2, 0) is 9.53 Å². The molecule has 0 radical (unpaired) electrons. The number of aromatic nitrogens is 4. The number of nitrogens with one attached hydrogen (secondary N) is 1. The van der Waals surface area contributed by atoms with E-state index >= 15 is 0 Å². The Hall–Kier alpha value is -4.31. The number of nitrogen functional groups attached to an aromatic ring is 1. The molecule has 6 rings (SSSR count). The van der Waals surface area contributed by atoms with Crippen LogP contribution in [0.15, 0.2) is 55.0 Å². The minimum atomic E-state index is -0.264. The topological polar surface area (TPSA) is 128 Å². The summed E-state index contributed by atoms with van der Waals surface area (Å²) in [6, 6.07) is 11.3. The van der Waals surface area contributed by atoms with Gasteiger partial charge in [-0.15, -0.1) is 0 Å². The Labute approximate surface area is 226 Å². The molecule has 39 heavy (non-hydrogen) atoms. The van der Waals surface area contributed by atoms with Gasteiger partial charge in [0.15, 0.2) is 0 Å². The summed E-state index contributed by atoms with van der Waals surface area (Å²) in [7, 11) is 1.64. The second kappa shape index (κ2) is 10.1. The van der Waals surface area contributed by atoms with Crippen molar-refractivity contribution < 1.29 is 14.3 Å². The van der Waals surface area contributed by atoms with Crippen molar-refractivity contribution in [2.24, 2.45) is 0 Å². The smallest absolute Gasteiger partial charge is 0.256 e. The number of nitrogens with zero attached hydrogens (tertiary/aromatic N) is 5. The first-order valence-corrected chi connectivity index (χ1v) is 13.3. The summed E-state index contributed by atoms with van der Waals surface area (Å²) in [6.45, 7) is 2.60. The second-order valence-corrected chi connectivity index (χ2v) is 10.2. The highest BCUT2D eigenvalue weighted by Gasteiger charge is 2.38. The number of benzene rings is 1. The molecule has 0 saturated carbocycles. The number of methoxy groups -OCH3 is 1. The standard InChI is InChI=1S/C29H31N7O3/c1-17(39-2)20-11-12-31-23(15-20)33-29(38)19-5-3-18(4-6-19)25-26-27(30)32-13-14-35(26)28(34-25)21-7-8-22-9-10-24(37)36(22)16-21/h3-6,11-15,17,21-22H,7-10,16H2,1-2H3,(H2,30,32)(H,31,33,38)/t17?,21-,22+/m1/s1. The van der Waals surface area contributed by atoms with Gasteiger partial charge >= 0.3 is 0 Å². The molecule has 3 N–H and O–H groups in total. The molecule has 3 aromatic heterocycles. The first-order valence-electron chi connectivity index (χ1n) is 13.3. The monoisotopic (exact) mass is 525 g/mol. The molecule has 2 aliphatic heterocycles. The molecule has 1 aromatic carbocycles. The molecule has 200 valence electrons. The van der Waals surface area contributed by atoms with Crippen molar-refractivity contribution >= 4 is 29.0 Å². The number of ether oxygens (including phenoxy) is 1. The number of hydrogen-bond acceptors (Lipinski definition) is 7. The molecule has 1 unspecified atom stereocenters. The minimum absolute atomic E-state index is 0.106. The maximum absolute atomic E-state index is 12.9. The number of amides is 2. The predicted molar refractivity (Wildman–Crippen MR) is 147 cm³/mol. The number of carbonyl (C=O) groups excluding carboxylic acids is 2. The molecular formula is C29H31N7O3. The highest BCUT2D eigenvalue weighted by atomic mass is 16.5. The van der Waals surface area contributed by atoms with Crippen molar-refractivity contribution in [3.05, 3.63) is 71.9 Å². The third-order valence-corrected chi connectivity index (χ3v) is 7.96. The van der Waals surface area contributed by atoms with Gasteiger partial charge in [-0.05, 0) is 56.0 Å². The van der Waals surface area contributed by atoms with E-state index in [1.165, 1.54) is 0 Å². The minimum Gasteiger partial charge on any atom is -0.382 e. The molecule has 10 heteroatoms. The predicted octanol–water partition coefficient (Wildman–Crippen LogP) is 4.20. The van der Waals surface area contributed by atoms with Crippen molar-refractivity contribution in [3.63, 3.8) is 0 Å². The molecule has 5 heterocycles. The molecule has 0 spiro atoms. The molecule has 2 saturated heterocycles. The molecule has 3 atom stereocenters. The summed E-state index contributed by atoms with van der Waals surface area (Å²) < 4.78 is 7.36. The molecule has 2 aliphatic rings. The van der Waals surface area contributed by atoms with Gasteiger partial charge in [-0.25, -0.2) is 15.0 Å². The van der Waals surface area contributed by atoms with Gasteiger partial charge in [0, 0.05) is 61.8 Å². The molecule has 2 amide bonds. The van der Waals surface area contributed by atoms with Gasteiger partial charge in [-0.2, -0.15) is 0 Å². The van der Waals surface area contributed by atoms with Crippen LogP contribution in [0.1, 0.15) is 66.4 Å². The second-order valence-electron chi connectivity index (χ2n) is 10.2. The zero-order chi connectivity index (χ0) is 27.1. The average molecular weight is 526 g/mol. The summed E-state index contributed by atoms with van der Waals surface area (Å²) in [5.41, 5.74) is 10.0. The molecule has 4 aromatic rings. The van der Waals surface area contributed by atoms with Crippen molar-refractivity contribution in [3.8, 4) is 11.3 Å². The van der Waals surface area contributed by atoms with Crippen molar-refractivity contribution in [2.75, 3.05) is 24.7 Å². The number of pyridine rings is 1. The number of hydrogen-bond donors (Lipinski definition) is 2. The summed E-state index contributed by atoms with van der Waals surface area (Å²) in [5, 5.41) is 2.86. The van der Waals surface area contributed by atoms with E-state index < -0.39 is 0 Å². The SMILES string of the molecule is COC(C)c1ccnc(NC(=O)c2ccc(-c3nc([C@@H]4CC[C@H]5CCC(=O)N5C4)n4ccnc(N)c34)cc2)c1. The van der Waals surface area contributed by atoms with E-state index in [4.69, 9.17) is 15.5 Å². The quantitative estimate of drug-likeness (QED) is 0.386. The average Bonchev–Trinajstić information content (AvgIpc) is 3.54. The fourth-order valence-corrected chi connectivity index (χ4v) is 5.73. The van der Waals surface area contributed by atoms with Crippen LogP contribution in [0, 0.1) is 0 Å². The van der Waals surface area contributed by atoms with E-state index in [9.17, 15) is 9.59 Å². The van der Waals surface area contributed by atoms with E-state index in [2.05, 4.69) is 15.3 Å². The summed E-state index contributed by atoms with van der Waals surface area (Å²) in [4.78, 5) is 41.0. The number of fused-ring (bicyclic) bond motifs is 2. The van der Waals surface area contributed by atoms with Crippen LogP contribution in [0.2, 0.25) is 0 Å². The zero-order valence-corrected chi connectivity index (χ0v) is 22.0. The van der Waals surface area contributed by atoms with Crippen LogP contribution in [0.4, 0.5) is 11.6 Å². The van der Waals surface area contributed by atoms with Crippen LogP contribution in [-0.4, -0.2) is 55.8 Å². The summed E-state index contributed by atoms with van der Waals surface area (Å²) in [6.07, 6.45) is 8.62. The van der Waals surface area contributed by atoms with Crippen LogP contribution >= 0.6 is 0 Å². The van der Waals surface area contributed by atoms with E-state index in [1.807, 2.05) is 40.6 Å². The Morgan fingerprint density at radius 2 is 1.95 bits per heavy atom. The number of carbonyl (C=O) groups is 2. The number of rotatable bonds is 6. The van der Waals surface area contributed by atoms with Gasteiger partial charge in [0.05, 0.1) is 6.10 Å². The van der Waals surface area contributed by atoms with Gasteiger partial charge < -0.3 is 20.7 Å². The van der Waals surface area contributed by atoms with E-state index in [0.717, 1.165) is 41.7 Å². The molecule has 2 fully saturated rings. The molecule has 0 bridgehead atoms. The first kappa shape index (κ1) is 25.0. The van der Waals surface area contributed by atoms with Gasteiger partial charge in [-0.1, -0.05) is 12.1 Å². The Bertz CT molecular complexity index is 1550. The lowest BCUT2D eigenvalue weighted by Gasteiger charge is -2.34. The van der Waals surface area contributed by atoms with Gasteiger partial charge in [0.2, 0.25) is 5.91 Å². The molecule has 0 aliphatic carbocycles. The number of imidazole rings is 1. The Balaban J connectivity index is 1.27. The fourth-order valence-electron chi connectivity index (χ4n) is 5.73. The largest absolute Gasteiger partial charge is 0.382 e. The number of anilines is 2.